The molecule has 4 nitrogen and oxygen atoms in total. The zero-order valence-electron chi connectivity index (χ0n) is 15.4. The first-order valence-corrected chi connectivity index (χ1v) is 10.3. The quantitative estimate of drug-likeness (QED) is 0.374. The van der Waals surface area contributed by atoms with Crippen LogP contribution in [-0.4, -0.2) is 19.7 Å². The Hall–Kier alpha value is -2.63. The second kappa shape index (κ2) is 8.59. The highest BCUT2D eigenvalue weighted by atomic mass is 35.5. The number of benzene rings is 2. The molecule has 0 amide bonds. The van der Waals surface area contributed by atoms with Crippen LogP contribution >= 0.6 is 23.4 Å². The van der Waals surface area contributed by atoms with Crippen LogP contribution < -0.4 is 0 Å². The van der Waals surface area contributed by atoms with E-state index in [9.17, 15) is 0 Å². The van der Waals surface area contributed by atoms with Gasteiger partial charge in [-0.25, -0.2) is 0 Å². The highest BCUT2D eigenvalue weighted by Crippen LogP contribution is 2.36. The summed E-state index contributed by atoms with van der Waals surface area (Å²) in [5, 5.41) is 10.7. The van der Waals surface area contributed by atoms with E-state index in [0.29, 0.717) is 11.6 Å². The van der Waals surface area contributed by atoms with Crippen LogP contribution in [0.4, 0.5) is 0 Å². The summed E-state index contributed by atoms with van der Waals surface area (Å²) in [7, 11) is 0. The fourth-order valence-electron chi connectivity index (χ4n) is 2.99. The largest absolute Gasteiger partial charge is 0.297 e. The molecule has 140 valence electrons. The predicted octanol–water partition coefficient (Wildman–Crippen LogP) is 5.90. The summed E-state index contributed by atoms with van der Waals surface area (Å²) in [6, 6.07) is 22.1. The molecule has 0 aliphatic carbocycles. The SMILES string of the molecule is CC(Sc1nnc(-c2ccccc2Cl)n1Cc1ccccc1)c1ccncc1. The van der Waals surface area contributed by atoms with Crippen LogP contribution in [0, 0.1) is 0 Å². The molecule has 4 rings (SSSR count). The van der Waals surface area contributed by atoms with Crippen LogP contribution in [0.15, 0.2) is 84.3 Å². The first-order chi connectivity index (χ1) is 13.7. The number of hydrogen-bond acceptors (Lipinski definition) is 4. The Bertz CT molecular complexity index is 1050. The van der Waals surface area contributed by atoms with Gasteiger partial charge in [0.1, 0.15) is 0 Å². The molecule has 0 N–H and O–H groups in total. The van der Waals surface area contributed by atoms with E-state index in [4.69, 9.17) is 11.6 Å². The van der Waals surface area contributed by atoms with Gasteiger partial charge in [0, 0.05) is 23.2 Å². The predicted molar refractivity (Wildman–Crippen MR) is 115 cm³/mol. The lowest BCUT2D eigenvalue weighted by atomic mass is 10.2. The van der Waals surface area contributed by atoms with E-state index >= 15 is 0 Å². The first kappa shape index (κ1) is 18.7. The fraction of sp³-hybridized carbons (Fsp3) is 0.136. The number of aromatic nitrogens is 4. The van der Waals surface area contributed by atoms with Gasteiger partial charge >= 0.3 is 0 Å². The Morgan fingerprint density at radius 2 is 1.64 bits per heavy atom. The molecule has 0 fully saturated rings. The van der Waals surface area contributed by atoms with Gasteiger partial charge in [-0.05, 0) is 42.3 Å². The van der Waals surface area contributed by atoms with E-state index in [1.54, 1.807) is 11.8 Å². The first-order valence-electron chi connectivity index (χ1n) is 9.01. The van der Waals surface area contributed by atoms with Crippen molar-refractivity contribution in [2.75, 3.05) is 0 Å². The average molecular weight is 407 g/mol. The number of hydrogen-bond donors (Lipinski definition) is 0. The van der Waals surface area contributed by atoms with Gasteiger partial charge in [0.2, 0.25) is 0 Å². The highest BCUT2D eigenvalue weighted by Gasteiger charge is 2.19. The number of nitrogens with zero attached hydrogens (tertiary/aromatic N) is 4. The van der Waals surface area contributed by atoms with Gasteiger partial charge in [0.05, 0.1) is 11.6 Å². The normalized spacial score (nSPS) is 12.1. The van der Waals surface area contributed by atoms with E-state index in [-0.39, 0.29) is 5.25 Å². The second-order valence-corrected chi connectivity index (χ2v) is 8.11. The molecular weight excluding hydrogens is 388 g/mol. The Balaban J connectivity index is 1.73. The molecule has 6 heteroatoms. The standard InChI is InChI=1S/C22H19ClN4S/c1-16(18-11-13-24-14-12-18)28-22-26-25-21(19-9-5-6-10-20(19)23)27(22)15-17-7-3-2-4-8-17/h2-14,16H,15H2,1H3. The van der Waals surface area contributed by atoms with Crippen molar-refractivity contribution in [3.05, 3.63) is 95.3 Å². The molecule has 28 heavy (non-hydrogen) atoms. The average Bonchev–Trinajstić information content (AvgIpc) is 3.11. The van der Waals surface area contributed by atoms with Crippen molar-refractivity contribution in [2.24, 2.45) is 0 Å². The maximum Gasteiger partial charge on any atom is 0.192 e. The summed E-state index contributed by atoms with van der Waals surface area (Å²) in [5.41, 5.74) is 3.28. The Morgan fingerprint density at radius 3 is 2.39 bits per heavy atom. The minimum absolute atomic E-state index is 0.223. The third-order valence-electron chi connectivity index (χ3n) is 4.47. The van der Waals surface area contributed by atoms with Gasteiger partial charge in [-0.3, -0.25) is 9.55 Å². The highest BCUT2D eigenvalue weighted by molar-refractivity contribution is 7.99. The third kappa shape index (κ3) is 4.11. The van der Waals surface area contributed by atoms with Crippen molar-refractivity contribution >= 4 is 23.4 Å². The molecule has 0 spiro atoms. The van der Waals surface area contributed by atoms with Gasteiger partial charge in [-0.15, -0.1) is 10.2 Å². The van der Waals surface area contributed by atoms with Crippen LogP contribution in [0.25, 0.3) is 11.4 Å². The van der Waals surface area contributed by atoms with Crippen LogP contribution in [0.5, 0.6) is 0 Å². The molecule has 2 heterocycles. The summed E-state index contributed by atoms with van der Waals surface area (Å²) in [4.78, 5) is 4.10. The van der Waals surface area contributed by atoms with Crippen LogP contribution in [0.1, 0.15) is 23.3 Å². The molecule has 2 aromatic heterocycles. The summed E-state index contributed by atoms with van der Waals surface area (Å²) < 4.78 is 2.14. The minimum Gasteiger partial charge on any atom is -0.297 e. The zero-order chi connectivity index (χ0) is 19.3. The van der Waals surface area contributed by atoms with Gasteiger partial charge in [-0.2, -0.15) is 0 Å². The lowest BCUT2D eigenvalue weighted by Crippen LogP contribution is -2.05. The van der Waals surface area contributed by atoms with Crippen LogP contribution in [0.3, 0.4) is 0 Å². The van der Waals surface area contributed by atoms with Crippen molar-refractivity contribution in [3.63, 3.8) is 0 Å². The van der Waals surface area contributed by atoms with Crippen molar-refractivity contribution in [1.82, 2.24) is 19.7 Å². The maximum atomic E-state index is 6.45. The van der Waals surface area contributed by atoms with E-state index in [0.717, 1.165) is 16.5 Å². The molecular formula is C22H19ClN4S. The molecule has 0 aliphatic rings. The second-order valence-electron chi connectivity index (χ2n) is 6.40. The van der Waals surface area contributed by atoms with E-state index in [2.05, 4.69) is 38.8 Å². The Morgan fingerprint density at radius 1 is 0.929 bits per heavy atom. The third-order valence-corrected chi connectivity index (χ3v) is 5.94. The molecule has 0 radical (unpaired) electrons. The topological polar surface area (TPSA) is 43.6 Å². The molecule has 1 atom stereocenters. The molecule has 2 aromatic carbocycles. The van der Waals surface area contributed by atoms with Crippen LogP contribution in [0.2, 0.25) is 5.02 Å². The Labute approximate surface area is 173 Å². The smallest absolute Gasteiger partial charge is 0.192 e. The van der Waals surface area contributed by atoms with Crippen molar-refractivity contribution in [2.45, 2.75) is 23.9 Å². The fourth-order valence-corrected chi connectivity index (χ4v) is 4.18. The molecule has 4 aromatic rings. The Kier molecular flexibility index (Phi) is 5.74. The van der Waals surface area contributed by atoms with Gasteiger partial charge in [-0.1, -0.05) is 65.8 Å². The molecule has 0 saturated heterocycles. The lowest BCUT2D eigenvalue weighted by Gasteiger charge is -2.14. The van der Waals surface area contributed by atoms with Crippen molar-refractivity contribution in [1.29, 1.82) is 0 Å². The molecule has 0 aliphatic heterocycles. The van der Waals surface area contributed by atoms with Gasteiger partial charge in [0.15, 0.2) is 11.0 Å². The minimum atomic E-state index is 0.223. The molecule has 1 unspecified atom stereocenters. The summed E-state index contributed by atoms with van der Waals surface area (Å²) >= 11 is 8.13. The number of rotatable bonds is 6. The summed E-state index contributed by atoms with van der Waals surface area (Å²) in [6.07, 6.45) is 3.63. The molecule has 0 saturated carbocycles. The number of thioether (sulfide) groups is 1. The van der Waals surface area contributed by atoms with Crippen LogP contribution in [-0.2, 0) is 6.54 Å². The monoisotopic (exact) mass is 406 g/mol. The molecule has 0 bridgehead atoms. The van der Waals surface area contributed by atoms with Gasteiger partial charge in [0.25, 0.3) is 0 Å². The van der Waals surface area contributed by atoms with E-state index in [1.165, 1.54) is 11.1 Å². The summed E-state index contributed by atoms with van der Waals surface area (Å²) in [5.74, 6) is 0.777. The maximum absolute atomic E-state index is 6.45. The van der Waals surface area contributed by atoms with E-state index in [1.807, 2.05) is 67.0 Å². The van der Waals surface area contributed by atoms with Crippen molar-refractivity contribution in [3.8, 4) is 11.4 Å². The van der Waals surface area contributed by atoms with Gasteiger partial charge < -0.3 is 0 Å². The van der Waals surface area contributed by atoms with E-state index < -0.39 is 0 Å². The number of halogens is 1. The summed E-state index contributed by atoms with van der Waals surface area (Å²) in [6.45, 7) is 2.84. The number of pyridine rings is 1. The van der Waals surface area contributed by atoms with Crippen molar-refractivity contribution < 1.29 is 0 Å². The lowest BCUT2D eigenvalue weighted by molar-refractivity contribution is 0.713. The zero-order valence-corrected chi connectivity index (χ0v) is 16.9.